The average Bonchev–Trinajstić information content (AvgIpc) is 2.00. The molecule has 0 aliphatic rings. The third kappa shape index (κ3) is 3.10. The molecule has 0 heterocycles. The fourth-order valence-electron chi connectivity index (χ4n) is 0.907. The first-order valence-electron chi connectivity index (χ1n) is 4.07. The summed E-state index contributed by atoms with van der Waals surface area (Å²) in [7, 11) is 0. The first-order chi connectivity index (χ1) is 6.95. The van der Waals surface area contributed by atoms with Gasteiger partial charge in [0, 0.05) is 6.42 Å². The molecule has 0 aromatic carbocycles. The number of rotatable bonds is 5. The van der Waals surface area contributed by atoms with Crippen LogP contribution in [0, 0.1) is 0 Å². The zero-order chi connectivity index (χ0) is 13.2. The Labute approximate surface area is 86.6 Å². The van der Waals surface area contributed by atoms with E-state index in [0.29, 0.717) is 0 Å². The molecule has 0 rings (SSSR count). The number of hydrogen-bond donors (Lipinski definition) is 1. The van der Waals surface area contributed by atoms with Crippen molar-refractivity contribution in [3.05, 3.63) is 12.7 Å². The van der Waals surface area contributed by atoms with Gasteiger partial charge in [-0.3, -0.25) is 0 Å². The first kappa shape index (κ1) is 15.2. The SMILES string of the molecule is C=CCC(O)CC(F)(F)C(F)(F)C(F)(F)F. The standard InChI is InChI=1S/C8H9F7O/c1-2-3-5(16)4-6(9,10)7(11,12)8(13,14)15/h2,5,16H,1,3-4H2. The summed E-state index contributed by atoms with van der Waals surface area (Å²) >= 11 is 0. The maximum absolute atomic E-state index is 12.6. The van der Waals surface area contributed by atoms with Gasteiger partial charge < -0.3 is 5.11 Å². The normalized spacial score (nSPS) is 16.0. The lowest BCUT2D eigenvalue weighted by Crippen LogP contribution is -2.53. The molecule has 8 heteroatoms. The van der Waals surface area contributed by atoms with E-state index in [1.807, 2.05) is 0 Å². The maximum Gasteiger partial charge on any atom is 0.459 e. The number of aliphatic hydroxyl groups is 1. The van der Waals surface area contributed by atoms with E-state index in [1.54, 1.807) is 0 Å². The number of alkyl halides is 7. The molecule has 0 aliphatic carbocycles. The molecule has 1 atom stereocenters. The van der Waals surface area contributed by atoms with Crippen molar-refractivity contribution in [1.82, 2.24) is 0 Å². The summed E-state index contributed by atoms with van der Waals surface area (Å²) in [6.07, 6.45) is -9.90. The van der Waals surface area contributed by atoms with E-state index in [2.05, 4.69) is 6.58 Å². The Kier molecular flexibility index (Phi) is 4.38. The smallest absolute Gasteiger partial charge is 0.393 e. The maximum atomic E-state index is 12.6. The van der Waals surface area contributed by atoms with Crippen molar-refractivity contribution in [2.45, 2.75) is 37.0 Å². The monoisotopic (exact) mass is 254 g/mol. The Balaban J connectivity index is 4.84. The van der Waals surface area contributed by atoms with Crippen LogP contribution in [0.3, 0.4) is 0 Å². The van der Waals surface area contributed by atoms with Crippen LogP contribution in [-0.2, 0) is 0 Å². The van der Waals surface area contributed by atoms with Gasteiger partial charge in [-0.25, -0.2) is 0 Å². The third-order valence-corrected chi connectivity index (χ3v) is 1.75. The van der Waals surface area contributed by atoms with Gasteiger partial charge in [-0.1, -0.05) is 6.08 Å². The molecule has 96 valence electrons. The van der Waals surface area contributed by atoms with Gasteiger partial charge in [-0.2, -0.15) is 30.7 Å². The molecule has 0 aromatic rings. The van der Waals surface area contributed by atoms with E-state index in [4.69, 9.17) is 5.11 Å². The highest BCUT2D eigenvalue weighted by atomic mass is 19.4. The first-order valence-corrected chi connectivity index (χ1v) is 4.07. The summed E-state index contributed by atoms with van der Waals surface area (Å²) in [4.78, 5) is 0. The van der Waals surface area contributed by atoms with Gasteiger partial charge in [0.15, 0.2) is 0 Å². The minimum Gasteiger partial charge on any atom is -0.393 e. The van der Waals surface area contributed by atoms with Gasteiger partial charge in [0.05, 0.1) is 6.10 Å². The number of aliphatic hydroxyl groups excluding tert-OH is 1. The van der Waals surface area contributed by atoms with Gasteiger partial charge in [-0.15, -0.1) is 6.58 Å². The van der Waals surface area contributed by atoms with Crippen molar-refractivity contribution in [2.75, 3.05) is 0 Å². The van der Waals surface area contributed by atoms with Crippen molar-refractivity contribution < 1.29 is 35.8 Å². The van der Waals surface area contributed by atoms with Crippen LogP contribution in [0.15, 0.2) is 12.7 Å². The number of hydrogen-bond acceptors (Lipinski definition) is 1. The Bertz CT molecular complexity index is 245. The Morgan fingerprint density at radius 3 is 1.81 bits per heavy atom. The molecule has 0 aromatic heterocycles. The van der Waals surface area contributed by atoms with E-state index >= 15 is 0 Å². The molecule has 0 saturated heterocycles. The molecule has 0 saturated carbocycles. The molecule has 0 amide bonds. The van der Waals surface area contributed by atoms with Crippen LogP contribution in [0.1, 0.15) is 12.8 Å². The zero-order valence-electron chi connectivity index (χ0n) is 7.87. The van der Waals surface area contributed by atoms with E-state index < -0.39 is 37.0 Å². The van der Waals surface area contributed by atoms with Gasteiger partial charge in [0.2, 0.25) is 0 Å². The minimum absolute atomic E-state index is 0.497. The van der Waals surface area contributed by atoms with Crippen LogP contribution in [-0.4, -0.2) is 29.2 Å². The summed E-state index contributed by atoms with van der Waals surface area (Å²) in [6.45, 7) is 3.03. The molecule has 1 N–H and O–H groups in total. The predicted octanol–water partition coefficient (Wildman–Crippen LogP) is 3.15. The molecule has 0 spiro atoms. The molecule has 16 heavy (non-hydrogen) atoms. The van der Waals surface area contributed by atoms with Crippen molar-refractivity contribution in [2.24, 2.45) is 0 Å². The minimum atomic E-state index is -6.36. The molecule has 0 fully saturated rings. The molecular formula is C8H9F7O. The van der Waals surface area contributed by atoms with E-state index in [-0.39, 0.29) is 0 Å². The highest BCUT2D eigenvalue weighted by molar-refractivity contribution is 4.93. The molecule has 1 nitrogen and oxygen atoms in total. The van der Waals surface area contributed by atoms with Crippen molar-refractivity contribution >= 4 is 0 Å². The van der Waals surface area contributed by atoms with Crippen LogP contribution in [0.2, 0.25) is 0 Å². The average molecular weight is 254 g/mol. The van der Waals surface area contributed by atoms with Crippen molar-refractivity contribution in [3.63, 3.8) is 0 Å². The number of halogens is 7. The summed E-state index contributed by atoms with van der Waals surface area (Å²) in [5, 5.41) is 8.76. The summed E-state index contributed by atoms with van der Waals surface area (Å²) in [5.41, 5.74) is 0. The van der Waals surface area contributed by atoms with Gasteiger partial charge >= 0.3 is 18.0 Å². The van der Waals surface area contributed by atoms with Crippen LogP contribution in [0.5, 0.6) is 0 Å². The lowest BCUT2D eigenvalue weighted by atomic mass is 10.0. The fourth-order valence-corrected chi connectivity index (χ4v) is 0.907. The van der Waals surface area contributed by atoms with E-state index in [1.165, 1.54) is 0 Å². The predicted molar refractivity (Wildman–Crippen MR) is 41.4 cm³/mol. The van der Waals surface area contributed by atoms with Gasteiger partial charge in [0.25, 0.3) is 0 Å². The Morgan fingerprint density at radius 1 is 1.06 bits per heavy atom. The highest BCUT2D eigenvalue weighted by Crippen LogP contribution is 2.48. The second kappa shape index (κ2) is 4.60. The van der Waals surface area contributed by atoms with Crippen LogP contribution < -0.4 is 0 Å². The molecule has 1 unspecified atom stereocenters. The van der Waals surface area contributed by atoms with Crippen LogP contribution in [0.4, 0.5) is 30.7 Å². The largest absolute Gasteiger partial charge is 0.459 e. The Hall–Kier alpha value is -0.790. The van der Waals surface area contributed by atoms with E-state index in [9.17, 15) is 30.7 Å². The van der Waals surface area contributed by atoms with Gasteiger partial charge in [-0.05, 0) is 6.42 Å². The van der Waals surface area contributed by atoms with Crippen molar-refractivity contribution in [1.29, 1.82) is 0 Å². The topological polar surface area (TPSA) is 20.2 Å². The summed E-state index contributed by atoms with van der Waals surface area (Å²) in [6, 6.07) is 0. The summed E-state index contributed by atoms with van der Waals surface area (Å²) < 4.78 is 84.7. The van der Waals surface area contributed by atoms with Gasteiger partial charge in [0.1, 0.15) is 0 Å². The van der Waals surface area contributed by atoms with Crippen LogP contribution in [0.25, 0.3) is 0 Å². The molecule has 0 radical (unpaired) electrons. The molecule has 0 aliphatic heterocycles. The van der Waals surface area contributed by atoms with E-state index in [0.717, 1.165) is 6.08 Å². The van der Waals surface area contributed by atoms with Crippen molar-refractivity contribution in [3.8, 4) is 0 Å². The second-order valence-corrected chi connectivity index (χ2v) is 3.16. The lowest BCUT2D eigenvalue weighted by Gasteiger charge is -2.29. The summed E-state index contributed by atoms with van der Waals surface area (Å²) in [5.74, 6) is -11.5. The molecular weight excluding hydrogens is 245 g/mol. The Morgan fingerprint density at radius 2 is 1.50 bits per heavy atom. The van der Waals surface area contributed by atoms with Crippen LogP contribution >= 0.6 is 0 Å². The quantitative estimate of drug-likeness (QED) is 0.590. The molecule has 0 bridgehead atoms. The fraction of sp³-hybridized carbons (Fsp3) is 0.750. The lowest BCUT2D eigenvalue weighted by molar-refractivity contribution is -0.358. The third-order valence-electron chi connectivity index (χ3n) is 1.75. The highest BCUT2D eigenvalue weighted by Gasteiger charge is 2.72. The zero-order valence-corrected chi connectivity index (χ0v) is 7.87. The second-order valence-electron chi connectivity index (χ2n) is 3.16.